The third kappa shape index (κ3) is 2.60. The van der Waals surface area contributed by atoms with Gasteiger partial charge in [-0.1, -0.05) is 19.3 Å². The Kier molecular flexibility index (Phi) is 4.04. The molecule has 4 heteroatoms. The molecular formula is C16H28N2O2. The van der Waals surface area contributed by atoms with Crippen molar-refractivity contribution < 1.29 is 9.90 Å². The van der Waals surface area contributed by atoms with Crippen LogP contribution >= 0.6 is 0 Å². The molecule has 3 rings (SSSR count). The molecule has 2 unspecified atom stereocenters. The molecular weight excluding hydrogens is 252 g/mol. The van der Waals surface area contributed by atoms with Crippen molar-refractivity contribution in [1.82, 2.24) is 9.80 Å². The Labute approximate surface area is 122 Å². The maximum absolute atomic E-state index is 11.8. The van der Waals surface area contributed by atoms with Crippen molar-refractivity contribution in [3.05, 3.63) is 0 Å². The lowest BCUT2D eigenvalue weighted by atomic mass is 9.73. The number of piperazine rings is 1. The number of hydrogen-bond acceptors (Lipinski definition) is 3. The molecule has 0 amide bonds. The van der Waals surface area contributed by atoms with E-state index >= 15 is 0 Å². The quantitative estimate of drug-likeness (QED) is 0.860. The summed E-state index contributed by atoms with van der Waals surface area (Å²) in [6.07, 6.45) is 7.74. The van der Waals surface area contributed by atoms with Gasteiger partial charge in [0.2, 0.25) is 0 Å². The zero-order valence-corrected chi connectivity index (χ0v) is 12.7. The summed E-state index contributed by atoms with van der Waals surface area (Å²) in [6, 6.07) is 1.18. The largest absolute Gasteiger partial charge is 0.481 e. The zero-order valence-electron chi connectivity index (χ0n) is 12.7. The number of nitrogens with zero attached hydrogens (tertiary/aromatic N) is 2. The molecule has 0 aromatic rings. The van der Waals surface area contributed by atoms with Crippen LogP contribution in [0.3, 0.4) is 0 Å². The molecule has 2 heterocycles. The summed E-state index contributed by atoms with van der Waals surface area (Å²) in [4.78, 5) is 16.9. The van der Waals surface area contributed by atoms with Crippen LogP contribution in [-0.2, 0) is 4.79 Å². The van der Waals surface area contributed by atoms with Gasteiger partial charge in [-0.15, -0.1) is 0 Å². The second kappa shape index (κ2) is 5.64. The number of rotatable bonds is 3. The van der Waals surface area contributed by atoms with Crippen molar-refractivity contribution in [2.24, 2.45) is 5.41 Å². The van der Waals surface area contributed by atoms with Gasteiger partial charge in [-0.25, -0.2) is 0 Å². The minimum absolute atomic E-state index is 0.465. The number of carboxylic acids is 1. The highest BCUT2D eigenvalue weighted by atomic mass is 16.4. The van der Waals surface area contributed by atoms with Gasteiger partial charge in [-0.05, 0) is 39.2 Å². The average molecular weight is 280 g/mol. The van der Waals surface area contributed by atoms with E-state index in [9.17, 15) is 9.90 Å². The van der Waals surface area contributed by atoms with Gasteiger partial charge in [0.25, 0.3) is 0 Å². The van der Waals surface area contributed by atoms with Gasteiger partial charge in [0.15, 0.2) is 0 Å². The van der Waals surface area contributed by atoms with E-state index in [1.807, 2.05) is 0 Å². The normalized spacial score (nSPS) is 34.9. The zero-order chi connectivity index (χ0) is 14.2. The first kappa shape index (κ1) is 14.3. The summed E-state index contributed by atoms with van der Waals surface area (Å²) in [5.74, 6) is -0.557. The number of aliphatic carboxylic acids is 1. The molecule has 1 saturated carbocycles. The summed E-state index contributed by atoms with van der Waals surface area (Å²) >= 11 is 0. The lowest BCUT2D eigenvalue weighted by Crippen LogP contribution is -2.58. The Morgan fingerprint density at radius 3 is 2.65 bits per heavy atom. The summed E-state index contributed by atoms with van der Waals surface area (Å²) in [7, 11) is 0. The van der Waals surface area contributed by atoms with Crippen LogP contribution in [0.2, 0.25) is 0 Å². The fourth-order valence-corrected chi connectivity index (χ4v) is 4.53. The fraction of sp³-hybridized carbons (Fsp3) is 0.938. The van der Waals surface area contributed by atoms with E-state index in [1.165, 1.54) is 25.8 Å². The van der Waals surface area contributed by atoms with Crippen LogP contribution in [0.25, 0.3) is 0 Å². The molecule has 0 aromatic carbocycles. The van der Waals surface area contributed by atoms with Crippen molar-refractivity contribution in [2.75, 3.05) is 26.2 Å². The van der Waals surface area contributed by atoms with Crippen molar-refractivity contribution >= 4 is 5.97 Å². The molecule has 2 atom stereocenters. The Balaban J connectivity index is 1.69. The predicted octanol–water partition coefficient (Wildman–Crippen LogP) is 2.19. The highest BCUT2D eigenvalue weighted by Gasteiger charge is 2.44. The molecule has 2 saturated heterocycles. The van der Waals surface area contributed by atoms with Crippen LogP contribution in [0.5, 0.6) is 0 Å². The third-order valence-electron chi connectivity index (χ3n) is 5.84. The van der Waals surface area contributed by atoms with Crippen molar-refractivity contribution in [3.63, 3.8) is 0 Å². The van der Waals surface area contributed by atoms with E-state index in [2.05, 4.69) is 16.7 Å². The maximum Gasteiger partial charge on any atom is 0.310 e. The molecule has 4 nitrogen and oxygen atoms in total. The number of hydrogen-bond donors (Lipinski definition) is 1. The molecule has 20 heavy (non-hydrogen) atoms. The van der Waals surface area contributed by atoms with Crippen LogP contribution < -0.4 is 0 Å². The van der Waals surface area contributed by atoms with E-state index < -0.39 is 11.4 Å². The molecule has 0 bridgehead atoms. The summed E-state index contributed by atoms with van der Waals surface area (Å²) in [6.45, 7) is 6.49. The molecule has 114 valence electrons. The van der Waals surface area contributed by atoms with E-state index in [0.717, 1.165) is 45.3 Å². The molecule has 0 spiro atoms. The van der Waals surface area contributed by atoms with Crippen LogP contribution in [-0.4, -0.2) is 59.1 Å². The SMILES string of the molecule is CC1CN2CCCC2CN1CC1(C(=O)O)CCCCC1. The van der Waals surface area contributed by atoms with Crippen LogP contribution in [0.15, 0.2) is 0 Å². The van der Waals surface area contributed by atoms with Gasteiger partial charge in [-0.2, -0.15) is 0 Å². The molecule has 0 radical (unpaired) electrons. The topological polar surface area (TPSA) is 43.8 Å². The lowest BCUT2D eigenvalue weighted by molar-refractivity contribution is -0.153. The van der Waals surface area contributed by atoms with E-state index in [4.69, 9.17) is 0 Å². The second-order valence-electron chi connectivity index (χ2n) is 7.22. The Morgan fingerprint density at radius 1 is 1.20 bits per heavy atom. The van der Waals surface area contributed by atoms with Crippen LogP contribution in [0, 0.1) is 5.41 Å². The molecule has 1 N–H and O–H groups in total. The summed E-state index contributed by atoms with van der Waals surface area (Å²) in [5.41, 5.74) is -0.465. The molecule has 3 fully saturated rings. The van der Waals surface area contributed by atoms with E-state index in [1.54, 1.807) is 0 Å². The lowest BCUT2D eigenvalue weighted by Gasteiger charge is -2.46. The third-order valence-corrected chi connectivity index (χ3v) is 5.84. The first-order valence-electron chi connectivity index (χ1n) is 8.32. The Hall–Kier alpha value is -0.610. The summed E-state index contributed by atoms with van der Waals surface area (Å²) in [5, 5.41) is 9.76. The fourth-order valence-electron chi connectivity index (χ4n) is 4.53. The number of carbonyl (C=O) groups is 1. The van der Waals surface area contributed by atoms with E-state index in [-0.39, 0.29) is 0 Å². The summed E-state index contributed by atoms with van der Waals surface area (Å²) < 4.78 is 0. The van der Waals surface area contributed by atoms with Gasteiger partial charge in [-0.3, -0.25) is 14.6 Å². The minimum atomic E-state index is -0.557. The smallest absolute Gasteiger partial charge is 0.310 e. The predicted molar refractivity (Wildman–Crippen MR) is 78.8 cm³/mol. The monoisotopic (exact) mass is 280 g/mol. The van der Waals surface area contributed by atoms with Crippen LogP contribution in [0.4, 0.5) is 0 Å². The molecule has 2 aliphatic heterocycles. The van der Waals surface area contributed by atoms with Gasteiger partial charge in [0.1, 0.15) is 0 Å². The first-order chi connectivity index (χ1) is 9.61. The molecule has 0 aromatic heterocycles. The van der Waals surface area contributed by atoms with Gasteiger partial charge in [0, 0.05) is 31.7 Å². The molecule has 1 aliphatic carbocycles. The van der Waals surface area contributed by atoms with Gasteiger partial charge < -0.3 is 5.11 Å². The Morgan fingerprint density at radius 2 is 1.95 bits per heavy atom. The highest BCUT2D eigenvalue weighted by Crippen LogP contribution is 2.38. The average Bonchev–Trinajstić information content (AvgIpc) is 2.87. The van der Waals surface area contributed by atoms with Crippen molar-refractivity contribution in [3.8, 4) is 0 Å². The Bertz CT molecular complexity index is 365. The standard InChI is InChI=1S/C16H28N2O2/c1-13-10-17-9-5-6-14(17)11-18(13)12-16(15(19)20)7-3-2-4-8-16/h13-14H,2-12H2,1H3,(H,19,20). The highest BCUT2D eigenvalue weighted by molar-refractivity contribution is 5.75. The van der Waals surface area contributed by atoms with Crippen molar-refractivity contribution in [1.29, 1.82) is 0 Å². The molecule has 3 aliphatic rings. The first-order valence-corrected chi connectivity index (χ1v) is 8.32. The van der Waals surface area contributed by atoms with Gasteiger partial charge in [0.05, 0.1) is 5.41 Å². The minimum Gasteiger partial charge on any atom is -0.481 e. The number of fused-ring (bicyclic) bond motifs is 1. The van der Waals surface area contributed by atoms with E-state index in [0.29, 0.717) is 12.1 Å². The van der Waals surface area contributed by atoms with Gasteiger partial charge >= 0.3 is 5.97 Å². The van der Waals surface area contributed by atoms with Crippen LogP contribution in [0.1, 0.15) is 51.9 Å². The second-order valence-corrected chi connectivity index (χ2v) is 7.22. The van der Waals surface area contributed by atoms with Crippen molar-refractivity contribution in [2.45, 2.75) is 64.0 Å². The number of carboxylic acid groups (broad SMARTS) is 1. The maximum atomic E-state index is 11.8.